The summed E-state index contributed by atoms with van der Waals surface area (Å²) in [5.74, 6) is -0.880. The molecule has 4 heterocycles. The van der Waals surface area contributed by atoms with Crippen LogP contribution in [0, 0.1) is 5.82 Å². The maximum absolute atomic E-state index is 13.1. The molecule has 1 aromatic carbocycles. The van der Waals surface area contributed by atoms with Crippen molar-refractivity contribution in [3.8, 4) is 17.3 Å². The van der Waals surface area contributed by atoms with Gasteiger partial charge in [0.1, 0.15) is 17.0 Å². The number of carbonyl (C=O) groups excluding carboxylic acids is 1. The first-order valence-electron chi connectivity index (χ1n) is 10.3. The van der Waals surface area contributed by atoms with Gasteiger partial charge in [-0.25, -0.2) is 14.4 Å². The quantitative estimate of drug-likeness (QED) is 0.470. The van der Waals surface area contributed by atoms with Gasteiger partial charge in [-0.05, 0) is 29.8 Å². The number of benzene rings is 1. The van der Waals surface area contributed by atoms with E-state index in [1.54, 1.807) is 29.3 Å². The number of fused-ring (bicyclic) bond motifs is 1. The summed E-state index contributed by atoms with van der Waals surface area (Å²) in [6.45, 7) is 2.11. The molecule has 0 atom stereocenters. The number of aromatic nitrogens is 4. The first-order valence-corrected chi connectivity index (χ1v) is 10.3. The molecule has 0 saturated carbocycles. The van der Waals surface area contributed by atoms with Crippen LogP contribution in [0.25, 0.3) is 22.5 Å². The standard InChI is InChI=1S/C22H19FN6O4/c23-14-5-3-13(4-6-14)12-16-26-27-22(33-16)19-20(30)17-15(2-1-7-24-17)18(25-19)21(31)28-29-8-10-32-11-9-29/h1-7,30H,8-12H2,(H,28,31). The molecule has 168 valence electrons. The van der Waals surface area contributed by atoms with Crippen LogP contribution in [0.15, 0.2) is 47.0 Å². The number of hydrogen-bond acceptors (Lipinski definition) is 9. The topological polar surface area (TPSA) is 127 Å². The lowest BCUT2D eigenvalue weighted by molar-refractivity contribution is 0.0125. The van der Waals surface area contributed by atoms with Gasteiger partial charge in [0.05, 0.1) is 19.6 Å². The van der Waals surface area contributed by atoms with Crippen LogP contribution in [0.3, 0.4) is 0 Å². The molecule has 1 saturated heterocycles. The van der Waals surface area contributed by atoms with Gasteiger partial charge >= 0.3 is 0 Å². The van der Waals surface area contributed by atoms with E-state index in [0.717, 1.165) is 5.56 Å². The zero-order chi connectivity index (χ0) is 22.8. The number of morpholine rings is 1. The van der Waals surface area contributed by atoms with E-state index in [0.29, 0.717) is 31.7 Å². The minimum atomic E-state index is -0.456. The largest absolute Gasteiger partial charge is 0.504 e. The molecule has 4 aromatic rings. The van der Waals surface area contributed by atoms with Gasteiger partial charge in [-0.2, -0.15) is 0 Å². The Morgan fingerprint density at radius 3 is 2.73 bits per heavy atom. The number of nitrogens with zero attached hydrogens (tertiary/aromatic N) is 5. The van der Waals surface area contributed by atoms with Crippen LogP contribution in [0.2, 0.25) is 0 Å². The average molecular weight is 450 g/mol. The second kappa shape index (κ2) is 8.88. The maximum atomic E-state index is 13.1. The normalized spacial score (nSPS) is 14.5. The predicted molar refractivity (Wildman–Crippen MR) is 114 cm³/mol. The van der Waals surface area contributed by atoms with Crippen LogP contribution in [0.4, 0.5) is 4.39 Å². The molecular weight excluding hydrogens is 431 g/mol. The summed E-state index contributed by atoms with van der Waals surface area (Å²) >= 11 is 0. The Hall–Kier alpha value is -3.96. The van der Waals surface area contributed by atoms with Gasteiger partial charge in [-0.3, -0.25) is 15.2 Å². The lowest BCUT2D eigenvalue weighted by atomic mass is 10.1. The molecule has 1 fully saturated rings. The molecule has 0 spiro atoms. The molecule has 0 aliphatic carbocycles. The van der Waals surface area contributed by atoms with E-state index >= 15 is 0 Å². The van der Waals surface area contributed by atoms with Gasteiger partial charge in [-0.1, -0.05) is 12.1 Å². The molecular formula is C22H19FN6O4. The lowest BCUT2D eigenvalue weighted by Gasteiger charge is -2.26. The summed E-state index contributed by atoms with van der Waals surface area (Å²) in [4.78, 5) is 21.6. The van der Waals surface area contributed by atoms with Gasteiger partial charge in [0.2, 0.25) is 5.89 Å². The van der Waals surface area contributed by atoms with E-state index in [1.165, 1.54) is 18.3 Å². The number of amides is 1. The average Bonchev–Trinajstić information content (AvgIpc) is 3.30. The molecule has 3 aromatic heterocycles. The second-order valence-corrected chi connectivity index (χ2v) is 7.40. The highest BCUT2D eigenvalue weighted by molar-refractivity contribution is 6.06. The number of hydrazine groups is 1. The molecule has 1 aliphatic rings. The summed E-state index contributed by atoms with van der Waals surface area (Å²) in [6, 6.07) is 9.22. The highest BCUT2D eigenvalue weighted by Crippen LogP contribution is 2.34. The number of ether oxygens (including phenoxy) is 1. The molecule has 0 radical (unpaired) electrons. The Balaban J connectivity index is 1.49. The summed E-state index contributed by atoms with van der Waals surface area (Å²) in [6.07, 6.45) is 1.77. The number of carbonyl (C=O) groups is 1. The summed E-state index contributed by atoms with van der Waals surface area (Å²) in [5, 5.41) is 20.9. The smallest absolute Gasteiger partial charge is 0.284 e. The van der Waals surface area contributed by atoms with Crippen LogP contribution in [0.5, 0.6) is 5.75 Å². The maximum Gasteiger partial charge on any atom is 0.284 e. The number of pyridine rings is 2. The second-order valence-electron chi connectivity index (χ2n) is 7.40. The third kappa shape index (κ3) is 4.36. The predicted octanol–water partition coefficient (Wildman–Crippen LogP) is 2.09. The van der Waals surface area contributed by atoms with E-state index in [1.807, 2.05) is 0 Å². The highest BCUT2D eigenvalue weighted by Gasteiger charge is 2.25. The SMILES string of the molecule is O=C(NN1CCOCC1)c1nc(-c2nnc(Cc3ccc(F)cc3)o2)c(O)c2ncccc12. The summed E-state index contributed by atoms with van der Waals surface area (Å²) < 4.78 is 24.1. The van der Waals surface area contributed by atoms with Crippen molar-refractivity contribution in [3.05, 3.63) is 65.6 Å². The van der Waals surface area contributed by atoms with Crippen LogP contribution in [-0.4, -0.2) is 62.5 Å². The number of rotatable bonds is 5. The Kier molecular flexibility index (Phi) is 5.63. The molecule has 1 aliphatic heterocycles. The summed E-state index contributed by atoms with van der Waals surface area (Å²) in [5.41, 5.74) is 3.79. The van der Waals surface area contributed by atoms with Gasteiger partial charge in [0.25, 0.3) is 11.8 Å². The van der Waals surface area contributed by atoms with Crippen molar-refractivity contribution in [3.63, 3.8) is 0 Å². The zero-order valence-corrected chi connectivity index (χ0v) is 17.4. The Morgan fingerprint density at radius 2 is 1.94 bits per heavy atom. The van der Waals surface area contributed by atoms with Gasteiger partial charge in [0, 0.05) is 24.7 Å². The van der Waals surface area contributed by atoms with Crippen LogP contribution < -0.4 is 5.43 Å². The molecule has 0 unspecified atom stereocenters. The minimum absolute atomic E-state index is 0.0498. The summed E-state index contributed by atoms with van der Waals surface area (Å²) in [7, 11) is 0. The van der Waals surface area contributed by atoms with Crippen molar-refractivity contribution in [1.82, 2.24) is 30.6 Å². The fourth-order valence-electron chi connectivity index (χ4n) is 3.51. The molecule has 10 nitrogen and oxygen atoms in total. The molecule has 33 heavy (non-hydrogen) atoms. The van der Waals surface area contributed by atoms with E-state index in [-0.39, 0.29) is 46.7 Å². The van der Waals surface area contributed by atoms with Crippen molar-refractivity contribution >= 4 is 16.8 Å². The van der Waals surface area contributed by atoms with Crippen molar-refractivity contribution < 1.29 is 23.4 Å². The van der Waals surface area contributed by atoms with Gasteiger partial charge in [-0.15, -0.1) is 10.2 Å². The first-order chi connectivity index (χ1) is 16.1. The van der Waals surface area contributed by atoms with E-state index < -0.39 is 5.91 Å². The van der Waals surface area contributed by atoms with E-state index in [9.17, 15) is 14.3 Å². The fourth-order valence-corrected chi connectivity index (χ4v) is 3.51. The lowest BCUT2D eigenvalue weighted by Crippen LogP contribution is -2.48. The molecule has 2 N–H and O–H groups in total. The Labute approximate surface area is 187 Å². The Bertz CT molecular complexity index is 1300. The van der Waals surface area contributed by atoms with Crippen molar-refractivity contribution in [2.75, 3.05) is 26.3 Å². The van der Waals surface area contributed by atoms with Crippen molar-refractivity contribution in [1.29, 1.82) is 0 Å². The number of nitrogens with one attached hydrogen (secondary N) is 1. The Morgan fingerprint density at radius 1 is 1.15 bits per heavy atom. The molecule has 11 heteroatoms. The third-order valence-corrected chi connectivity index (χ3v) is 5.16. The van der Waals surface area contributed by atoms with Crippen molar-refractivity contribution in [2.45, 2.75) is 6.42 Å². The number of aromatic hydroxyl groups is 1. The fraction of sp³-hybridized carbons (Fsp3) is 0.227. The van der Waals surface area contributed by atoms with Crippen LogP contribution in [0.1, 0.15) is 21.9 Å². The van der Waals surface area contributed by atoms with Crippen LogP contribution in [-0.2, 0) is 11.2 Å². The van der Waals surface area contributed by atoms with E-state index in [4.69, 9.17) is 9.15 Å². The minimum Gasteiger partial charge on any atom is -0.504 e. The number of hydrogen-bond donors (Lipinski definition) is 2. The van der Waals surface area contributed by atoms with E-state index in [2.05, 4.69) is 25.6 Å². The monoisotopic (exact) mass is 450 g/mol. The van der Waals surface area contributed by atoms with Gasteiger partial charge < -0.3 is 14.3 Å². The number of halogens is 1. The van der Waals surface area contributed by atoms with Gasteiger partial charge in [0.15, 0.2) is 11.4 Å². The van der Waals surface area contributed by atoms with Crippen LogP contribution >= 0.6 is 0 Å². The van der Waals surface area contributed by atoms with Crippen molar-refractivity contribution in [2.24, 2.45) is 0 Å². The molecule has 0 bridgehead atoms. The highest BCUT2D eigenvalue weighted by atomic mass is 19.1. The molecule has 1 amide bonds. The zero-order valence-electron chi connectivity index (χ0n) is 17.4. The first kappa shape index (κ1) is 20.9. The third-order valence-electron chi connectivity index (χ3n) is 5.16. The molecule has 5 rings (SSSR count).